The molecule has 0 unspecified atom stereocenters. The standard InChI is InChI=1S/C16H11F6N3O2/c17-15(18,19)9-26-8-14-24-23-13-6-3-11(7-25(13)14)10-1-4-12(5-2-10)27-16(20,21)22/h1-7H,8-9H2. The third kappa shape index (κ3) is 5.09. The van der Waals surface area contributed by atoms with E-state index in [1.807, 2.05) is 0 Å². The van der Waals surface area contributed by atoms with E-state index in [1.165, 1.54) is 16.5 Å². The topological polar surface area (TPSA) is 48.7 Å². The van der Waals surface area contributed by atoms with Crippen molar-refractivity contribution in [1.29, 1.82) is 0 Å². The molecule has 0 fully saturated rings. The van der Waals surface area contributed by atoms with Crippen LogP contribution in [0, 0.1) is 0 Å². The largest absolute Gasteiger partial charge is 0.573 e. The number of ether oxygens (including phenoxy) is 2. The maximum atomic E-state index is 12.2. The molecule has 3 rings (SSSR count). The predicted octanol–water partition coefficient (Wildman–Crippen LogP) is 4.37. The smallest absolute Gasteiger partial charge is 0.406 e. The molecule has 0 radical (unpaired) electrons. The fourth-order valence-electron chi connectivity index (χ4n) is 2.31. The van der Waals surface area contributed by atoms with Crippen LogP contribution in [0.5, 0.6) is 5.75 Å². The zero-order chi connectivity index (χ0) is 19.7. The Morgan fingerprint density at radius 2 is 1.52 bits per heavy atom. The molecule has 27 heavy (non-hydrogen) atoms. The van der Waals surface area contributed by atoms with Gasteiger partial charge in [-0.25, -0.2) is 0 Å². The fourth-order valence-corrected chi connectivity index (χ4v) is 2.31. The molecule has 0 atom stereocenters. The number of benzene rings is 1. The summed E-state index contributed by atoms with van der Waals surface area (Å²) in [6.45, 7) is -1.81. The molecule has 144 valence electrons. The second-order valence-corrected chi connectivity index (χ2v) is 5.44. The van der Waals surface area contributed by atoms with Crippen LogP contribution in [0.4, 0.5) is 26.3 Å². The summed E-state index contributed by atoms with van der Waals surface area (Å²) in [7, 11) is 0. The van der Waals surface area contributed by atoms with Crippen molar-refractivity contribution in [3.8, 4) is 16.9 Å². The SMILES string of the molecule is FC(F)(F)COCc1nnc2ccc(-c3ccc(OC(F)(F)F)cc3)cn12. The molecule has 0 aliphatic carbocycles. The molecule has 0 aliphatic rings. The van der Waals surface area contributed by atoms with Gasteiger partial charge in [0.05, 0.1) is 0 Å². The molecule has 5 nitrogen and oxygen atoms in total. The van der Waals surface area contributed by atoms with Gasteiger partial charge in [0.25, 0.3) is 0 Å². The summed E-state index contributed by atoms with van der Waals surface area (Å²) >= 11 is 0. The minimum absolute atomic E-state index is 0.160. The average molecular weight is 391 g/mol. The Bertz CT molecular complexity index is 919. The molecule has 0 saturated heterocycles. The van der Waals surface area contributed by atoms with Gasteiger partial charge in [-0.05, 0) is 35.4 Å². The van der Waals surface area contributed by atoms with Gasteiger partial charge in [0.15, 0.2) is 11.5 Å². The Hall–Kier alpha value is -2.82. The molecule has 2 heterocycles. The Morgan fingerprint density at radius 3 is 2.15 bits per heavy atom. The van der Waals surface area contributed by atoms with Crippen LogP contribution in [0.2, 0.25) is 0 Å². The lowest BCUT2D eigenvalue weighted by Gasteiger charge is -2.10. The Balaban J connectivity index is 1.80. The number of fused-ring (bicyclic) bond motifs is 1. The lowest BCUT2D eigenvalue weighted by Crippen LogP contribution is -2.17. The number of rotatable bonds is 5. The first-order chi connectivity index (χ1) is 12.6. The zero-order valence-corrected chi connectivity index (χ0v) is 13.4. The molecule has 11 heteroatoms. The number of hydrogen-bond donors (Lipinski definition) is 0. The second kappa shape index (κ2) is 7.06. The molecule has 0 N–H and O–H groups in total. The first-order valence-electron chi connectivity index (χ1n) is 7.45. The summed E-state index contributed by atoms with van der Waals surface area (Å²) in [6.07, 6.45) is -7.68. The molecular weight excluding hydrogens is 380 g/mol. The van der Waals surface area contributed by atoms with Gasteiger partial charge < -0.3 is 9.47 Å². The summed E-state index contributed by atoms with van der Waals surface area (Å²) in [4.78, 5) is 0. The highest BCUT2D eigenvalue weighted by atomic mass is 19.4. The van der Waals surface area contributed by atoms with Gasteiger partial charge in [-0.3, -0.25) is 4.40 Å². The minimum atomic E-state index is -4.78. The number of hydrogen-bond acceptors (Lipinski definition) is 4. The molecule has 2 aromatic heterocycles. The molecule has 0 spiro atoms. The normalized spacial score (nSPS) is 12.5. The highest BCUT2D eigenvalue weighted by Gasteiger charge is 2.31. The van der Waals surface area contributed by atoms with Crippen LogP contribution >= 0.6 is 0 Å². The van der Waals surface area contributed by atoms with E-state index in [0.29, 0.717) is 16.8 Å². The van der Waals surface area contributed by atoms with Crippen LogP contribution in [-0.2, 0) is 11.3 Å². The van der Waals surface area contributed by atoms with Crippen molar-refractivity contribution in [3.63, 3.8) is 0 Å². The summed E-state index contributed by atoms with van der Waals surface area (Å²) in [5.41, 5.74) is 1.56. The first-order valence-corrected chi connectivity index (χ1v) is 7.45. The van der Waals surface area contributed by atoms with Crippen molar-refractivity contribution in [2.24, 2.45) is 0 Å². The van der Waals surface area contributed by atoms with Crippen molar-refractivity contribution >= 4 is 5.65 Å². The summed E-state index contributed by atoms with van der Waals surface area (Å²) in [5, 5.41) is 7.61. The van der Waals surface area contributed by atoms with E-state index in [-0.39, 0.29) is 11.6 Å². The Morgan fingerprint density at radius 1 is 0.852 bits per heavy atom. The van der Waals surface area contributed by atoms with Crippen LogP contribution in [0.3, 0.4) is 0 Å². The molecule has 3 aromatic rings. The Labute approximate surface area is 148 Å². The van der Waals surface area contributed by atoms with Crippen LogP contribution in [0.1, 0.15) is 5.82 Å². The Kier molecular flexibility index (Phi) is 4.96. The molecule has 0 bridgehead atoms. The van der Waals surface area contributed by atoms with Crippen molar-refractivity contribution in [2.45, 2.75) is 19.1 Å². The monoisotopic (exact) mass is 391 g/mol. The zero-order valence-electron chi connectivity index (χ0n) is 13.4. The van der Waals surface area contributed by atoms with Gasteiger partial charge in [0.2, 0.25) is 0 Å². The van der Waals surface area contributed by atoms with Crippen LogP contribution in [-0.4, -0.2) is 33.7 Å². The maximum Gasteiger partial charge on any atom is 0.573 e. The molecule has 0 saturated carbocycles. The molecule has 0 amide bonds. The second-order valence-electron chi connectivity index (χ2n) is 5.44. The number of alkyl halides is 6. The number of nitrogens with zero attached hydrogens (tertiary/aromatic N) is 3. The quantitative estimate of drug-likeness (QED) is 0.606. The lowest BCUT2D eigenvalue weighted by molar-refractivity contribution is -0.274. The van der Waals surface area contributed by atoms with Gasteiger partial charge in [-0.1, -0.05) is 12.1 Å². The van der Waals surface area contributed by atoms with Gasteiger partial charge >= 0.3 is 12.5 Å². The van der Waals surface area contributed by atoms with Crippen molar-refractivity contribution in [3.05, 3.63) is 48.4 Å². The van der Waals surface area contributed by atoms with Gasteiger partial charge in [-0.15, -0.1) is 23.4 Å². The average Bonchev–Trinajstić information content (AvgIpc) is 2.95. The number of halogens is 6. The molecule has 1 aromatic carbocycles. The third-order valence-electron chi connectivity index (χ3n) is 3.39. The predicted molar refractivity (Wildman–Crippen MR) is 80.8 cm³/mol. The first kappa shape index (κ1) is 19.0. The number of pyridine rings is 1. The van der Waals surface area contributed by atoms with Crippen LogP contribution < -0.4 is 4.74 Å². The van der Waals surface area contributed by atoms with Crippen molar-refractivity contribution in [1.82, 2.24) is 14.6 Å². The van der Waals surface area contributed by atoms with Crippen LogP contribution in [0.25, 0.3) is 16.8 Å². The van der Waals surface area contributed by atoms with Gasteiger partial charge in [-0.2, -0.15) is 13.2 Å². The van der Waals surface area contributed by atoms with Gasteiger partial charge in [0, 0.05) is 6.20 Å². The highest BCUT2D eigenvalue weighted by Crippen LogP contribution is 2.27. The lowest BCUT2D eigenvalue weighted by atomic mass is 10.1. The van der Waals surface area contributed by atoms with E-state index in [4.69, 9.17) is 0 Å². The van der Waals surface area contributed by atoms with Crippen LogP contribution in [0.15, 0.2) is 42.6 Å². The number of aromatic nitrogens is 3. The van der Waals surface area contributed by atoms with Gasteiger partial charge in [0.1, 0.15) is 19.0 Å². The summed E-state index contributed by atoms with van der Waals surface area (Å²) < 4.78 is 83.0. The summed E-state index contributed by atoms with van der Waals surface area (Å²) in [6, 6.07) is 8.40. The third-order valence-corrected chi connectivity index (χ3v) is 3.39. The van der Waals surface area contributed by atoms with E-state index in [0.717, 1.165) is 12.1 Å². The minimum Gasteiger partial charge on any atom is -0.406 e. The van der Waals surface area contributed by atoms with E-state index in [9.17, 15) is 26.3 Å². The fraction of sp³-hybridized carbons (Fsp3) is 0.250. The van der Waals surface area contributed by atoms with Crippen molar-refractivity contribution in [2.75, 3.05) is 6.61 Å². The van der Waals surface area contributed by atoms with E-state index in [2.05, 4.69) is 19.7 Å². The summed E-state index contributed by atoms with van der Waals surface area (Å²) in [5.74, 6) is -0.203. The highest BCUT2D eigenvalue weighted by molar-refractivity contribution is 5.65. The van der Waals surface area contributed by atoms with E-state index in [1.54, 1.807) is 18.3 Å². The molecule has 0 aliphatic heterocycles. The molecular formula is C16H11F6N3O2. The van der Waals surface area contributed by atoms with E-state index < -0.39 is 25.8 Å². The maximum absolute atomic E-state index is 12.2. The van der Waals surface area contributed by atoms with Crippen molar-refractivity contribution < 1.29 is 35.8 Å². The van der Waals surface area contributed by atoms with E-state index >= 15 is 0 Å².